The average molecular weight is 283 g/mol. The predicted octanol–water partition coefficient (Wildman–Crippen LogP) is 3.59. The van der Waals surface area contributed by atoms with Crippen molar-refractivity contribution in [3.8, 4) is 10.6 Å². The number of hydrogen-bond acceptors (Lipinski definition) is 3. The molecule has 2 aromatic rings. The molecule has 0 spiro atoms. The van der Waals surface area contributed by atoms with Crippen LogP contribution in [-0.2, 0) is 0 Å². The highest BCUT2D eigenvalue weighted by molar-refractivity contribution is 9.10. The molecule has 1 atom stereocenters. The van der Waals surface area contributed by atoms with E-state index in [1.54, 1.807) is 11.3 Å². The molecule has 0 radical (unpaired) electrons. The molecule has 2 nitrogen and oxygen atoms in total. The first-order chi connectivity index (χ1) is 7.16. The molecule has 0 bridgehead atoms. The zero-order valence-electron chi connectivity index (χ0n) is 8.27. The van der Waals surface area contributed by atoms with Gasteiger partial charge in [0.1, 0.15) is 5.01 Å². The van der Waals surface area contributed by atoms with Gasteiger partial charge in [0.15, 0.2) is 0 Å². The van der Waals surface area contributed by atoms with Crippen LogP contribution in [0.5, 0.6) is 0 Å². The molecule has 0 fully saturated rings. The first-order valence-corrected chi connectivity index (χ1v) is 6.25. The number of aromatic nitrogens is 1. The lowest BCUT2D eigenvalue weighted by Crippen LogP contribution is -2.01. The van der Waals surface area contributed by atoms with Gasteiger partial charge in [-0.25, -0.2) is 4.98 Å². The Balaban J connectivity index is 2.33. The second-order valence-corrected chi connectivity index (χ2v) is 5.34. The minimum atomic E-state index is 0.0618. The molecule has 1 aromatic carbocycles. The lowest BCUT2D eigenvalue weighted by molar-refractivity contribution is 0.835. The lowest BCUT2D eigenvalue weighted by Gasteiger charge is -1.98. The van der Waals surface area contributed by atoms with Crippen molar-refractivity contribution in [3.63, 3.8) is 0 Å². The quantitative estimate of drug-likeness (QED) is 0.914. The molecule has 2 N–H and O–H groups in total. The molecule has 4 heteroatoms. The first-order valence-electron chi connectivity index (χ1n) is 4.64. The van der Waals surface area contributed by atoms with E-state index in [2.05, 4.69) is 20.9 Å². The number of rotatable bonds is 2. The lowest BCUT2D eigenvalue weighted by atomic mass is 10.2. The standard InChI is InChI=1S/C11H11BrN2S/c1-7(13)10-6-14-11(15-10)8-2-4-9(12)5-3-8/h2-7H,13H2,1H3. The maximum atomic E-state index is 5.79. The van der Waals surface area contributed by atoms with Crippen molar-refractivity contribution in [2.75, 3.05) is 0 Å². The summed E-state index contributed by atoms with van der Waals surface area (Å²) in [6, 6.07) is 8.19. The van der Waals surface area contributed by atoms with Crippen molar-refractivity contribution < 1.29 is 0 Å². The highest BCUT2D eigenvalue weighted by Gasteiger charge is 2.07. The van der Waals surface area contributed by atoms with Crippen molar-refractivity contribution in [3.05, 3.63) is 39.8 Å². The number of benzene rings is 1. The molecule has 0 saturated heterocycles. The second kappa shape index (κ2) is 4.43. The van der Waals surface area contributed by atoms with Gasteiger partial charge in [-0.3, -0.25) is 0 Å². The van der Waals surface area contributed by atoms with E-state index in [1.807, 2.05) is 37.4 Å². The van der Waals surface area contributed by atoms with Crippen LogP contribution >= 0.6 is 27.3 Å². The van der Waals surface area contributed by atoms with Crippen molar-refractivity contribution in [1.29, 1.82) is 0 Å². The number of nitrogens with zero attached hydrogens (tertiary/aromatic N) is 1. The third kappa shape index (κ3) is 2.45. The summed E-state index contributed by atoms with van der Waals surface area (Å²) < 4.78 is 1.08. The Hall–Kier alpha value is -0.710. The fourth-order valence-corrected chi connectivity index (χ4v) is 2.36. The second-order valence-electron chi connectivity index (χ2n) is 3.36. The number of nitrogens with two attached hydrogens (primary N) is 1. The van der Waals surface area contributed by atoms with Gasteiger partial charge in [-0.15, -0.1) is 11.3 Å². The van der Waals surface area contributed by atoms with E-state index in [-0.39, 0.29) is 6.04 Å². The van der Waals surface area contributed by atoms with E-state index in [9.17, 15) is 0 Å². The number of halogens is 1. The van der Waals surface area contributed by atoms with Crippen LogP contribution in [0.25, 0.3) is 10.6 Å². The Kier molecular flexibility index (Phi) is 3.19. The molecule has 0 aliphatic heterocycles. The van der Waals surface area contributed by atoms with E-state index >= 15 is 0 Å². The zero-order chi connectivity index (χ0) is 10.8. The topological polar surface area (TPSA) is 38.9 Å². The summed E-state index contributed by atoms with van der Waals surface area (Å²) in [7, 11) is 0. The molecule has 1 heterocycles. The highest BCUT2D eigenvalue weighted by Crippen LogP contribution is 2.28. The van der Waals surface area contributed by atoms with Crippen molar-refractivity contribution in [2.45, 2.75) is 13.0 Å². The molecule has 1 unspecified atom stereocenters. The van der Waals surface area contributed by atoms with E-state index in [0.29, 0.717) is 0 Å². The molecule has 78 valence electrons. The first kappa shape index (κ1) is 10.8. The maximum absolute atomic E-state index is 5.79. The van der Waals surface area contributed by atoms with Crippen molar-refractivity contribution in [2.24, 2.45) is 5.73 Å². The molecular weight excluding hydrogens is 272 g/mol. The predicted molar refractivity (Wildman–Crippen MR) is 67.9 cm³/mol. The summed E-state index contributed by atoms with van der Waals surface area (Å²) in [5.74, 6) is 0. The molecular formula is C11H11BrN2S. The largest absolute Gasteiger partial charge is 0.323 e. The minimum absolute atomic E-state index is 0.0618. The fraction of sp³-hybridized carbons (Fsp3) is 0.182. The highest BCUT2D eigenvalue weighted by atomic mass is 79.9. The van der Waals surface area contributed by atoms with Gasteiger partial charge in [0, 0.05) is 27.2 Å². The van der Waals surface area contributed by atoms with Gasteiger partial charge in [0.2, 0.25) is 0 Å². The molecule has 0 saturated carbocycles. The van der Waals surface area contributed by atoms with Gasteiger partial charge < -0.3 is 5.73 Å². The van der Waals surface area contributed by atoms with Crippen LogP contribution in [0, 0.1) is 0 Å². The third-order valence-electron chi connectivity index (χ3n) is 2.06. The Labute approximate surface area is 101 Å². The van der Waals surface area contributed by atoms with Crippen LogP contribution in [-0.4, -0.2) is 4.98 Å². The van der Waals surface area contributed by atoms with E-state index in [0.717, 1.165) is 19.9 Å². The SMILES string of the molecule is CC(N)c1cnc(-c2ccc(Br)cc2)s1. The summed E-state index contributed by atoms with van der Waals surface area (Å²) in [5, 5.41) is 1.02. The molecule has 2 rings (SSSR count). The van der Waals surface area contributed by atoms with Crippen molar-refractivity contribution in [1.82, 2.24) is 4.98 Å². The minimum Gasteiger partial charge on any atom is -0.323 e. The smallest absolute Gasteiger partial charge is 0.123 e. The Bertz CT molecular complexity index is 448. The van der Waals surface area contributed by atoms with Gasteiger partial charge in [-0.1, -0.05) is 28.1 Å². The number of thiazole rings is 1. The van der Waals surface area contributed by atoms with Gasteiger partial charge >= 0.3 is 0 Å². The molecule has 0 aliphatic carbocycles. The summed E-state index contributed by atoms with van der Waals surface area (Å²) in [4.78, 5) is 5.48. The van der Waals surface area contributed by atoms with Gasteiger partial charge in [0.05, 0.1) is 0 Å². The summed E-state index contributed by atoms with van der Waals surface area (Å²) in [6.07, 6.45) is 1.85. The zero-order valence-corrected chi connectivity index (χ0v) is 10.7. The fourth-order valence-electron chi connectivity index (χ4n) is 1.22. The molecule has 1 aromatic heterocycles. The third-order valence-corrected chi connectivity index (χ3v) is 3.84. The molecule has 15 heavy (non-hydrogen) atoms. The van der Waals surface area contributed by atoms with Crippen LogP contribution in [0.1, 0.15) is 17.8 Å². The van der Waals surface area contributed by atoms with Crippen LogP contribution in [0.15, 0.2) is 34.9 Å². The summed E-state index contributed by atoms with van der Waals surface area (Å²) >= 11 is 5.06. The summed E-state index contributed by atoms with van der Waals surface area (Å²) in [5.41, 5.74) is 6.93. The van der Waals surface area contributed by atoms with Crippen molar-refractivity contribution >= 4 is 27.3 Å². The van der Waals surface area contributed by atoms with E-state index in [1.165, 1.54) is 0 Å². The Morgan fingerprint density at radius 1 is 1.33 bits per heavy atom. The maximum Gasteiger partial charge on any atom is 0.123 e. The van der Waals surface area contributed by atoms with E-state index < -0.39 is 0 Å². The summed E-state index contributed by atoms with van der Waals surface area (Å²) in [6.45, 7) is 1.97. The monoisotopic (exact) mass is 282 g/mol. The van der Waals surface area contributed by atoms with E-state index in [4.69, 9.17) is 5.73 Å². The van der Waals surface area contributed by atoms with Gasteiger partial charge in [-0.05, 0) is 19.1 Å². The van der Waals surface area contributed by atoms with Crippen LogP contribution in [0.3, 0.4) is 0 Å². The van der Waals surface area contributed by atoms with Crippen LogP contribution in [0.2, 0.25) is 0 Å². The molecule has 0 amide bonds. The Morgan fingerprint density at radius 3 is 2.53 bits per heavy atom. The van der Waals surface area contributed by atoms with Crippen LogP contribution < -0.4 is 5.73 Å². The Morgan fingerprint density at radius 2 is 2.00 bits per heavy atom. The number of hydrogen-bond donors (Lipinski definition) is 1. The average Bonchev–Trinajstić information content (AvgIpc) is 2.68. The normalized spacial score (nSPS) is 12.7. The van der Waals surface area contributed by atoms with Gasteiger partial charge in [0.25, 0.3) is 0 Å². The van der Waals surface area contributed by atoms with Crippen LogP contribution in [0.4, 0.5) is 0 Å². The molecule has 0 aliphatic rings. The van der Waals surface area contributed by atoms with Gasteiger partial charge in [-0.2, -0.15) is 0 Å².